The zero-order valence-corrected chi connectivity index (χ0v) is 24.7. The summed E-state index contributed by atoms with van der Waals surface area (Å²) in [6.07, 6.45) is 0.749. The first-order valence-electron chi connectivity index (χ1n) is 13.5. The van der Waals surface area contributed by atoms with E-state index in [-0.39, 0.29) is 23.4 Å². The quantitative estimate of drug-likeness (QED) is 0.259. The van der Waals surface area contributed by atoms with Gasteiger partial charge in [-0.15, -0.1) is 11.3 Å². The normalized spacial score (nSPS) is 13.6. The van der Waals surface area contributed by atoms with Crippen LogP contribution in [0.25, 0.3) is 0 Å². The number of rotatable bonds is 9. The van der Waals surface area contributed by atoms with Crippen LogP contribution < -0.4 is 5.32 Å². The zero-order chi connectivity index (χ0) is 29.0. The summed E-state index contributed by atoms with van der Waals surface area (Å²) >= 11 is 1.44. The third-order valence-electron chi connectivity index (χ3n) is 7.20. The average Bonchev–Trinajstić information content (AvgIpc) is 3.32. The molecular weight excluding hydrogens is 553 g/mol. The van der Waals surface area contributed by atoms with Crippen LogP contribution in [0, 0.1) is 11.3 Å². The van der Waals surface area contributed by atoms with Gasteiger partial charge < -0.3 is 5.32 Å². The molecule has 0 radical (unpaired) electrons. The Balaban J connectivity index is 1.30. The summed E-state index contributed by atoms with van der Waals surface area (Å²) in [5.41, 5.74) is 3.99. The first-order valence-corrected chi connectivity index (χ1v) is 15.8. The van der Waals surface area contributed by atoms with Gasteiger partial charge in [0.1, 0.15) is 11.1 Å². The lowest BCUT2D eigenvalue weighted by Crippen LogP contribution is -2.36. The molecule has 2 heterocycles. The Bertz CT molecular complexity index is 1660. The number of anilines is 1. The van der Waals surface area contributed by atoms with Crippen molar-refractivity contribution in [3.8, 4) is 6.07 Å². The molecule has 3 aromatic carbocycles. The van der Waals surface area contributed by atoms with Crippen LogP contribution in [0.5, 0.6) is 0 Å². The van der Waals surface area contributed by atoms with E-state index in [1.807, 2.05) is 62.4 Å². The van der Waals surface area contributed by atoms with E-state index in [0.29, 0.717) is 16.1 Å². The van der Waals surface area contributed by atoms with E-state index in [2.05, 4.69) is 28.4 Å². The first-order chi connectivity index (χ1) is 19.8. The standard InChI is InChI=1S/C32H32N4O3S2/c1-23(2)36(21-25-11-7-4-8-12-25)41(38,39)27-15-13-26(14-16-27)31(37)34-32-29(19-33)28-17-18-35(22-30(28)40-32)20-24-9-5-3-6-10-24/h3-16,23H,17-18,20-22H2,1-2H3,(H,34,37). The molecule has 7 nitrogen and oxygen atoms in total. The number of nitrogens with one attached hydrogen (secondary N) is 1. The Morgan fingerprint density at radius 2 is 1.63 bits per heavy atom. The van der Waals surface area contributed by atoms with Crippen molar-refractivity contribution in [3.05, 3.63) is 118 Å². The lowest BCUT2D eigenvalue weighted by Gasteiger charge is -2.26. The molecule has 0 bridgehead atoms. The van der Waals surface area contributed by atoms with Crippen LogP contribution in [0.3, 0.4) is 0 Å². The number of nitrogens with zero attached hydrogens (tertiary/aromatic N) is 3. The Kier molecular flexibility index (Phi) is 8.66. The highest BCUT2D eigenvalue weighted by molar-refractivity contribution is 7.89. The molecule has 210 valence electrons. The molecule has 1 N–H and O–H groups in total. The van der Waals surface area contributed by atoms with E-state index in [1.54, 1.807) is 0 Å². The monoisotopic (exact) mass is 584 g/mol. The molecule has 9 heteroatoms. The number of thiophene rings is 1. The summed E-state index contributed by atoms with van der Waals surface area (Å²) in [6, 6.07) is 27.8. The third kappa shape index (κ3) is 6.42. The number of amides is 1. The van der Waals surface area contributed by atoms with Crippen LogP contribution >= 0.6 is 11.3 Å². The second-order valence-corrected chi connectivity index (χ2v) is 13.4. The summed E-state index contributed by atoms with van der Waals surface area (Å²) in [5, 5.41) is 13.3. The maximum absolute atomic E-state index is 13.5. The number of carbonyl (C=O) groups is 1. The molecule has 0 fully saturated rings. The molecule has 0 spiro atoms. The van der Waals surface area contributed by atoms with Crippen LogP contribution in [-0.2, 0) is 36.1 Å². The fourth-order valence-electron chi connectivity index (χ4n) is 5.04. The minimum Gasteiger partial charge on any atom is -0.312 e. The van der Waals surface area contributed by atoms with Gasteiger partial charge in [-0.2, -0.15) is 9.57 Å². The van der Waals surface area contributed by atoms with E-state index in [0.717, 1.165) is 42.1 Å². The van der Waals surface area contributed by atoms with Crippen molar-refractivity contribution in [2.75, 3.05) is 11.9 Å². The fraction of sp³-hybridized carbons (Fsp3) is 0.250. The number of benzene rings is 3. The second kappa shape index (κ2) is 12.4. The summed E-state index contributed by atoms with van der Waals surface area (Å²) in [7, 11) is -3.78. The van der Waals surface area contributed by atoms with Crippen molar-refractivity contribution in [3.63, 3.8) is 0 Å². The molecule has 1 aliphatic rings. The van der Waals surface area contributed by atoms with Crippen molar-refractivity contribution in [2.24, 2.45) is 0 Å². The van der Waals surface area contributed by atoms with Crippen molar-refractivity contribution < 1.29 is 13.2 Å². The van der Waals surface area contributed by atoms with Gasteiger partial charge in [-0.1, -0.05) is 60.7 Å². The molecule has 4 aromatic rings. The number of sulfonamides is 1. The molecule has 0 saturated carbocycles. The number of nitriles is 1. The maximum Gasteiger partial charge on any atom is 0.256 e. The SMILES string of the molecule is CC(C)N(Cc1ccccc1)S(=O)(=O)c1ccc(C(=O)Nc2sc3c(c2C#N)CCN(Cc2ccccc2)C3)cc1. The number of hydrogen-bond acceptors (Lipinski definition) is 6. The summed E-state index contributed by atoms with van der Waals surface area (Å²) in [6.45, 7) is 6.34. The lowest BCUT2D eigenvalue weighted by atomic mass is 10.0. The van der Waals surface area contributed by atoms with Crippen LogP contribution in [0.1, 0.15) is 51.3 Å². The van der Waals surface area contributed by atoms with Gasteiger partial charge in [0.2, 0.25) is 10.0 Å². The molecule has 1 aliphatic heterocycles. The first kappa shape index (κ1) is 28.7. The summed E-state index contributed by atoms with van der Waals surface area (Å²) in [5.74, 6) is -0.379. The van der Waals surface area contributed by atoms with E-state index in [1.165, 1.54) is 45.5 Å². The molecular formula is C32H32N4O3S2. The van der Waals surface area contributed by atoms with Gasteiger partial charge in [0.05, 0.1) is 10.5 Å². The maximum atomic E-state index is 13.5. The van der Waals surface area contributed by atoms with E-state index in [9.17, 15) is 18.5 Å². The minimum atomic E-state index is -3.78. The number of fused-ring (bicyclic) bond motifs is 1. The van der Waals surface area contributed by atoms with Gasteiger partial charge in [-0.3, -0.25) is 9.69 Å². The van der Waals surface area contributed by atoms with Crippen LogP contribution in [0.2, 0.25) is 0 Å². The van der Waals surface area contributed by atoms with E-state index in [4.69, 9.17) is 0 Å². The minimum absolute atomic E-state index is 0.126. The summed E-state index contributed by atoms with van der Waals surface area (Å²) in [4.78, 5) is 16.7. The third-order valence-corrected chi connectivity index (χ3v) is 10.4. The van der Waals surface area contributed by atoms with Crippen molar-refractivity contribution in [1.82, 2.24) is 9.21 Å². The van der Waals surface area contributed by atoms with Gasteiger partial charge in [0.15, 0.2) is 0 Å². The zero-order valence-electron chi connectivity index (χ0n) is 23.1. The largest absolute Gasteiger partial charge is 0.312 e. The van der Waals surface area contributed by atoms with E-state index >= 15 is 0 Å². The topological polar surface area (TPSA) is 93.5 Å². The smallest absolute Gasteiger partial charge is 0.256 e. The van der Waals surface area contributed by atoms with E-state index < -0.39 is 10.0 Å². The van der Waals surface area contributed by atoms with Gasteiger partial charge in [-0.25, -0.2) is 8.42 Å². The Morgan fingerprint density at radius 3 is 2.24 bits per heavy atom. The molecule has 5 rings (SSSR count). The fourth-order valence-corrected chi connectivity index (χ4v) is 7.90. The molecule has 0 unspecified atom stereocenters. The van der Waals surface area contributed by atoms with Crippen LogP contribution in [-0.4, -0.2) is 36.1 Å². The highest BCUT2D eigenvalue weighted by Gasteiger charge is 2.28. The molecule has 41 heavy (non-hydrogen) atoms. The number of hydrogen-bond donors (Lipinski definition) is 1. The second-order valence-electron chi connectivity index (χ2n) is 10.4. The molecule has 1 aromatic heterocycles. The number of carbonyl (C=O) groups excluding carboxylic acids is 1. The lowest BCUT2D eigenvalue weighted by molar-refractivity contribution is 0.102. The van der Waals surface area contributed by atoms with Gasteiger partial charge in [-0.05, 0) is 61.2 Å². The van der Waals surface area contributed by atoms with Crippen molar-refractivity contribution >= 4 is 32.3 Å². The predicted octanol–water partition coefficient (Wildman–Crippen LogP) is 6.03. The molecule has 0 atom stereocenters. The highest BCUT2D eigenvalue weighted by Crippen LogP contribution is 2.37. The van der Waals surface area contributed by atoms with Crippen LogP contribution in [0.15, 0.2) is 89.8 Å². The molecule has 0 aliphatic carbocycles. The Labute approximate surface area is 245 Å². The van der Waals surface area contributed by atoms with Gasteiger partial charge >= 0.3 is 0 Å². The molecule has 0 saturated heterocycles. The predicted molar refractivity (Wildman–Crippen MR) is 162 cm³/mol. The van der Waals surface area contributed by atoms with Gasteiger partial charge in [0, 0.05) is 42.7 Å². The van der Waals surface area contributed by atoms with Crippen LogP contribution in [0.4, 0.5) is 5.00 Å². The highest BCUT2D eigenvalue weighted by atomic mass is 32.2. The summed E-state index contributed by atoms with van der Waals surface area (Å²) < 4.78 is 28.4. The average molecular weight is 585 g/mol. The van der Waals surface area contributed by atoms with Crippen molar-refractivity contribution in [1.29, 1.82) is 5.26 Å². The molecule has 1 amide bonds. The van der Waals surface area contributed by atoms with Crippen molar-refractivity contribution in [2.45, 2.75) is 50.8 Å². The Morgan fingerprint density at radius 1 is 1.00 bits per heavy atom. The Hall–Kier alpha value is -3.81. The van der Waals surface area contributed by atoms with Gasteiger partial charge in [0.25, 0.3) is 5.91 Å².